The van der Waals surface area contributed by atoms with E-state index in [0.717, 1.165) is 28.1 Å². The van der Waals surface area contributed by atoms with Gasteiger partial charge in [0.25, 0.3) is 5.91 Å². The second-order valence-electron chi connectivity index (χ2n) is 7.28. The van der Waals surface area contributed by atoms with E-state index >= 15 is 0 Å². The summed E-state index contributed by atoms with van der Waals surface area (Å²) in [4.78, 5) is 20.4. The van der Waals surface area contributed by atoms with Crippen LogP contribution in [0.25, 0.3) is 0 Å². The Morgan fingerprint density at radius 2 is 1.57 bits per heavy atom. The second kappa shape index (κ2) is 7.81. The number of rotatable bonds is 3. The average Bonchev–Trinajstić information content (AvgIpc) is 2.93. The standard InChI is InChI=1S/C25H20ClN3O/c26-19-13-11-17(12-14-19)22-21-23(28-16-15-27-22)25(30)29(20-9-5-2-6-10-20)24(21)18-7-3-1-4-8-18/h1-14,24,28H,15-16H2/t24-/m1/s1. The molecule has 3 aromatic rings. The lowest BCUT2D eigenvalue weighted by molar-refractivity contribution is -0.115. The number of benzene rings is 3. The smallest absolute Gasteiger partial charge is 0.275 e. The molecule has 4 nitrogen and oxygen atoms in total. The Hall–Kier alpha value is -3.37. The molecule has 0 saturated heterocycles. The summed E-state index contributed by atoms with van der Waals surface area (Å²) in [6, 6.07) is 27.3. The van der Waals surface area contributed by atoms with E-state index in [2.05, 4.69) is 17.4 Å². The van der Waals surface area contributed by atoms with E-state index in [9.17, 15) is 4.79 Å². The molecule has 2 aliphatic rings. The van der Waals surface area contributed by atoms with Gasteiger partial charge in [-0.05, 0) is 29.8 Å². The predicted molar refractivity (Wildman–Crippen MR) is 121 cm³/mol. The zero-order valence-electron chi connectivity index (χ0n) is 16.3. The third-order valence-corrected chi connectivity index (χ3v) is 5.69. The Morgan fingerprint density at radius 3 is 2.27 bits per heavy atom. The van der Waals surface area contributed by atoms with Gasteiger partial charge in [-0.1, -0.05) is 72.3 Å². The molecule has 1 N–H and O–H groups in total. The van der Waals surface area contributed by atoms with E-state index in [4.69, 9.17) is 16.6 Å². The average molecular weight is 414 g/mol. The Kier molecular flexibility index (Phi) is 4.85. The number of para-hydroxylation sites is 1. The number of halogens is 1. The monoisotopic (exact) mass is 413 g/mol. The van der Waals surface area contributed by atoms with Crippen molar-refractivity contribution in [3.8, 4) is 0 Å². The van der Waals surface area contributed by atoms with Gasteiger partial charge in [0.2, 0.25) is 0 Å². The van der Waals surface area contributed by atoms with Crippen molar-refractivity contribution in [1.82, 2.24) is 5.32 Å². The van der Waals surface area contributed by atoms with Crippen molar-refractivity contribution < 1.29 is 4.79 Å². The molecule has 5 heteroatoms. The van der Waals surface area contributed by atoms with Crippen LogP contribution in [0.4, 0.5) is 5.69 Å². The number of hydrogen-bond donors (Lipinski definition) is 1. The zero-order valence-corrected chi connectivity index (χ0v) is 17.0. The quantitative estimate of drug-likeness (QED) is 0.671. The van der Waals surface area contributed by atoms with Crippen LogP contribution in [0.5, 0.6) is 0 Å². The molecule has 3 aromatic carbocycles. The van der Waals surface area contributed by atoms with E-state index < -0.39 is 0 Å². The van der Waals surface area contributed by atoms with Crippen LogP contribution in [0.3, 0.4) is 0 Å². The zero-order chi connectivity index (χ0) is 20.5. The van der Waals surface area contributed by atoms with Gasteiger partial charge in [-0.25, -0.2) is 0 Å². The summed E-state index contributed by atoms with van der Waals surface area (Å²) >= 11 is 6.12. The van der Waals surface area contributed by atoms with Crippen LogP contribution in [0.2, 0.25) is 5.02 Å². The molecule has 148 valence electrons. The maximum Gasteiger partial charge on any atom is 0.275 e. The lowest BCUT2D eigenvalue weighted by Gasteiger charge is -2.28. The molecule has 0 unspecified atom stereocenters. The molecular formula is C25H20ClN3O. The van der Waals surface area contributed by atoms with Crippen molar-refractivity contribution in [1.29, 1.82) is 0 Å². The topological polar surface area (TPSA) is 44.7 Å². The molecule has 0 radical (unpaired) electrons. The Labute approximate surface area is 180 Å². The van der Waals surface area contributed by atoms with Crippen molar-refractivity contribution in [2.24, 2.45) is 4.99 Å². The number of nitrogens with one attached hydrogen (secondary N) is 1. The van der Waals surface area contributed by atoms with Gasteiger partial charge < -0.3 is 5.32 Å². The largest absolute Gasteiger partial charge is 0.378 e. The number of nitrogens with zero attached hydrogens (tertiary/aromatic N) is 2. The number of carbonyl (C=O) groups is 1. The van der Waals surface area contributed by atoms with Crippen molar-refractivity contribution in [2.75, 3.05) is 18.0 Å². The molecule has 1 amide bonds. The minimum atomic E-state index is -0.267. The fourth-order valence-electron chi connectivity index (χ4n) is 4.13. The minimum absolute atomic E-state index is 0.0337. The number of carbonyl (C=O) groups excluding carboxylic acids is 1. The fourth-order valence-corrected chi connectivity index (χ4v) is 4.26. The van der Waals surface area contributed by atoms with E-state index in [0.29, 0.717) is 23.8 Å². The molecule has 0 saturated carbocycles. The maximum atomic E-state index is 13.6. The van der Waals surface area contributed by atoms with Crippen LogP contribution >= 0.6 is 11.6 Å². The molecule has 5 rings (SSSR count). The van der Waals surface area contributed by atoms with Crippen LogP contribution in [0.1, 0.15) is 17.2 Å². The van der Waals surface area contributed by atoms with E-state index in [1.807, 2.05) is 77.7 Å². The third-order valence-electron chi connectivity index (χ3n) is 5.44. The molecule has 1 atom stereocenters. The van der Waals surface area contributed by atoms with Gasteiger partial charge in [-0.15, -0.1) is 0 Å². The highest BCUT2D eigenvalue weighted by molar-refractivity contribution is 6.31. The van der Waals surface area contributed by atoms with Crippen LogP contribution in [-0.4, -0.2) is 24.7 Å². The third kappa shape index (κ3) is 3.19. The molecule has 0 aliphatic carbocycles. The van der Waals surface area contributed by atoms with Crippen LogP contribution < -0.4 is 10.2 Å². The number of anilines is 1. The Morgan fingerprint density at radius 1 is 0.900 bits per heavy atom. The van der Waals surface area contributed by atoms with Gasteiger partial charge in [-0.3, -0.25) is 14.7 Å². The first kappa shape index (κ1) is 18.6. The van der Waals surface area contributed by atoms with Gasteiger partial charge in [0.15, 0.2) is 0 Å². The summed E-state index contributed by atoms with van der Waals surface area (Å²) in [5.41, 5.74) is 5.24. The van der Waals surface area contributed by atoms with Crippen molar-refractivity contribution in [3.63, 3.8) is 0 Å². The van der Waals surface area contributed by atoms with Crippen LogP contribution in [0, 0.1) is 0 Å². The predicted octanol–water partition coefficient (Wildman–Crippen LogP) is 4.77. The maximum absolute atomic E-state index is 13.6. The molecule has 0 aromatic heterocycles. The molecule has 2 heterocycles. The molecule has 0 fully saturated rings. The van der Waals surface area contributed by atoms with Gasteiger partial charge in [0.1, 0.15) is 5.70 Å². The van der Waals surface area contributed by atoms with E-state index in [-0.39, 0.29) is 11.9 Å². The summed E-state index contributed by atoms with van der Waals surface area (Å²) in [5.74, 6) is -0.0337. The summed E-state index contributed by atoms with van der Waals surface area (Å²) in [7, 11) is 0. The first-order valence-electron chi connectivity index (χ1n) is 9.96. The van der Waals surface area contributed by atoms with Gasteiger partial charge in [-0.2, -0.15) is 0 Å². The summed E-state index contributed by atoms with van der Waals surface area (Å²) in [5, 5.41) is 4.03. The summed E-state index contributed by atoms with van der Waals surface area (Å²) in [6.45, 7) is 1.22. The van der Waals surface area contributed by atoms with Crippen molar-refractivity contribution in [2.45, 2.75) is 6.04 Å². The van der Waals surface area contributed by atoms with Gasteiger partial charge in [0.05, 0.1) is 18.3 Å². The first-order chi connectivity index (χ1) is 14.7. The fraction of sp³-hybridized carbons (Fsp3) is 0.120. The summed E-state index contributed by atoms with van der Waals surface area (Å²) < 4.78 is 0. The highest BCUT2D eigenvalue weighted by Crippen LogP contribution is 2.42. The normalized spacial score (nSPS) is 18.6. The summed E-state index contributed by atoms with van der Waals surface area (Å²) in [6.07, 6.45) is 0. The second-order valence-corrected chi connectivity index (χ2v) is 7.71. The van der Waals surface area contributed by atoms with E-state index in [1.54, 1.807) is 0 Å². The molecule has 2 aliphatic heterocycles. The molecule has 0 bridgehead atoms. The van der Waals surface area contributed by atoms with Crippen molar-refractivity contribution in [3.05, 3.63) is 112 Å². The Balaban J connectivity index is 1.72. The minimum Gasteiger partial charge on any atom is -0.378 e. The SMILES string of the molecule is O=C1C2=C(C(c3ccc(Cl)cc3)=NCCN2)[C@@H](c2ccccc2)N1c1ccccc1. The Bertz CT molecular complexity index is 1140. The van der Waals surface area contributed by atoms with Gasteiger partial charge in [0, 0.05) is 28.4 Å². The van der Waals surface area contributed by atoms with E-state index in [1.165, 1.54) is 0 Å². The highest BCUT2D eigenvalue weighted by atomic mass is 35.5. The van der Waals surface area contributed by atoms with Crippen molar-refractivity contribution >= 4 is 28.9 Å². The molecular weight excluding hydrogens is 394 g/mol. The van der Waals surface area contributed by atoms with Gasteiger partial charge >= 0.3 is 0 Å². The number of hydrogen-bond acceptors (Lipinski definition) is 3. The first-order valence-corrected chi connectivity index (χ1v) is 10.3. The molecule has 0 spiro atoms. The molecule has 30 heavy (non-hydrogen) atoms. The lowest BCUT2D eigenvalue weighted by atomic mass is 9.91. The number of amides is 1. The number of aliphatic imine (C=N–C) groups is 1. The lowest BCUT2D eigenvalue weighted by Crippen LogP contribution is -2.33. The van der Waals surface area contributed by atoms with Crippen LogP contribution in [0.15, 0.2) is 101 Å². The van der Waals surface area contributed by atoms with Crippen LogP contribution in [-0.2, 0) is 4.79 Å². The highest BCUT2D eigenvalue weighted by Gasteiger charge is 2.43.